The van der Waals surface area contributed by atoms with Crippen LogP contribution >= 0.6 is 24.8 Å². The summed E-state index contributed by atoms with van der Waals surface area (Å²) in [5, 5.41) is 3.45. The maximum absolute atomic E-state index is 13.4. The van der Waals surface area contributed by atoms with Crippen LogP contribution in [-0.2, 0) is 17.7 Å². The molecule has 0 aliphatic carbocycles. The standard InChI is InChI=1S/C24H31N3O2.2ClH/c1-2-19-6-8-21(9-7-19)23-17-25-10-11-27(23)24(28)22-5-3-4-20(16-22)18-26-12-14-29-15-13-26;;/h3-9,16,23,25H,2,10-15,17-18H2,1H3;2*1H. The van der Waals surface area contributed by atoms with Crippen LogP contribution < -0.4 is 5.32 Å². The van der Waals surface area contributed by atoms with E-state index in [4.69, 9.17) is 4.74 Å². The minimum Gasteiger partial charge on any atom is -0.379 e. The lowest BCUT2D eigenvalue weighted by Crippen LogP contribution is -2.48. The van der Waals surface area contributed by atoms with E-state index in [-0.39, 0.29) is 36.8 Å². The minimum absolute atomic E-state index is 0. The number of nitrogens with one attached hydrogen (secondary N) is 1. The lowest BCUT2D eigenvalue weighted by atomic mass is 9.99. The fraction of sp³-hybridized carbons (Fsp3) is 0.458. The van der Waals surface area contributed by atoms with Gasteiger partial charge in [0.25, 0.3) is 5.91 Å². The van der Waals surface area contributed by atoms with Crippen molar-refractivity contribution in [3.05, 3.63) is 70.8 Å². The van der Waals surface area contributed by atoms with Crippen LogP contribution in [0, 0.1) is 0 Å². The van der Waals surface area contributed by atoms with Gasteiger partial charge in [0.05, 0.1) is 19.3 Å². The maximum Gasteiger partial charge on any atom is 0.254 e. The quantitative estimate of drug-likeness (QED) is 0.730. The second kappa shape index (κ2) is 12.4. The molecule has 1 amide bonds. The molecule has 31 heavy (non-hydrogen) atoms. The number of carbonyl (C=O) groups is 1. The predicted molar refractivity (Wildman–Crippen MR) is 130 cm³/mol. The van der Waals surface area contributed by atoms with E-state index in [9.17, 15) is 4.79 Å². The van der Waals surface area contributed by atoms with Gasteiger partial charge in [0.2, 0.25) is 0 Å². The van der Waals surface area contributed by atoms with Gasteiger partial charge in [0.1, 0.15) is 0 Å². The van der Waals surface area contributed by atoms with Crippen LogP contribution in [0.3, 0.4) is 0 Å². The van der Waals surface area contributed by atoms with Crippen molar-refractivity contribution in [1.82, 2.24) is 15.1 Å². The number of hydrogen-bond acceptors (Lipinski definition) is 4. The van der Waals surface area contributed by atoms with Gasteiger partial charge in [0, 0.05) is 44.8 Å². The second-order valence-corrected chi connectivity index (χ2v) is 7.90. The van der Waals surface area contributed by atoms with Crippen molar-refractivity contribution in [1.29, 1.82) is 0 Å². The minimum atomic E-state index is 0. The van der Waals surface area contributed by atoms with E-state index >= 15 is 0 Å². The van der Waals surface area contributed by atoms with Crippen molar-refractivity contribution in [2.45, 2.75) is 25.9 Å². The normalized spacial score (nSPS) is 19.3. The Kier molecular flexibility index (Phi) is 10.3. The van der Waals surface area contributed by atoms with E-state index in [1.165, 1.54) is 16.7 Å². The van der Waals surface area contributed by atoms with Crippen molar-refractivity contribution in [3.8, 4) is 0 Å². The number of amides is 1. The molecule has 0 saturated carbocycles. The Hall–Kier alpha value is -1.63. The zero-order valence-electron chi connectivity index (χ0n) is 18.1. The van der Waals surface area contributed by atoms with Gasteiger partial charge in [-0.1, -0.05) is 43.3 Å². The zero-order chi connectivity index (χ0) is 20.1. The monoisotopic (exact) mass is 465 g/mol. The van der Waals surface area contributed by atoms with Gasteiger partial charge >= 0.3 is 0 Å². The highest BCUT2D eigenvalue weighted by Gasteiger charge is 2.28. The summed E-state index contributed by atoms with van der Waals surface area (Å²) in [6.45, 7) is 8.87. The highest BCUT2D eigenvalue weighted by molar-refractivity contribution is 5.94. The van der Waals surface area contributed by atoms with E-state index in [0.717, 1.165) is 64.5 Å². The highest BCUT2D eigenvalue weighted by atomic mass is 35.5. The largest absolute Gasteiger partial charge is 0.379 e. The molecule has 0 spiro atoms. The molecule has 170 valence electrons. The molecule has 0 bridgehead atoms. The summed E-state index contributed by atoms with van der Waals surface area (Å²) in [7, 11) is 0. The fourth-order valence-corrected chi connectivity index (χ4v) is 4.21. The van der Waals surface area contributed by atoms with Crippen LogP contribution in [-0.4, -0.2) is 61.6 Å². The van der Waals surface area contributed by atoms with Crippen LogP contribution in [0.5, 0.6) is 0 Å². The molecule has 1 atom stereocenters. The summed E-state index contributed by atoms with van der Waals surface area (Å²) in [5.41, 5.74) is 4.50. The molecule has 2 fully saturated rings. The summed E-state index contributed by atoms with van der Waals surface area (Å²) < 4.78 is 5.44. The van der Waals surface area contributed by atoms with Gasteiger partial charge < -0.3 is 15.0 Å². The number of carbonyl (C=O) groups excluding carboxylic acids is 1. The third-order valence-corrected chi connectivity index (χ3v) is 5.96. The average Bonchev–Trinajstić information content (AvgIpc) is 2.79. The molecule has 0 radical (unpaired) electrons. The van der Waals surface area contributed by atoms with Gasteiger partial charge in [-0.3, -0.25) is 9.69 Å². The Bertz CT molecular complexity index is 826. The van der Waals surface area contributed by atoms with Crippen molar-refractivity contribution in [3.63, 3.8) is 0 Å². The van der Waals surface area contributed by atoms with Gasteiger partial charge in [-0.15, -0.1) is 24.8 Å². The smallest absolute Gasteiger partial charge is 0.254 e. The number of rotatable bonds is 5. The number of morpholine rings is 1. The van der Waals surface area contributed by atoms with Crippen LogP contribution in [0.15, 0.2) is 48.5 Å². The SMILES string of the molecule is CCc1ccc(C2CNCCN2C(=O)c2cccc(CN3CCOCC3)c2)cc1.Cl.Cl. The van der Waals surface area contributed by atoms with E-state index in [1.807, 2.05) is 17.0 Å². The molecule has 4 rings (SSSR count). The second-order valence-electron chi connectivity index (χ2n) is 7.90. The summed E-state index contributed by atoms with van der Waals surface area (Å²) in [5.74, 6) is 0.125. The van der Waals surface area contributed by atoms with Crippen LogP contribution in [0.25, 0.3) is 0 Å². The third-order valence-electron chi connectivity index (χ3n) is 5.96. The molecule has 7 heteroatoms. The first-order valence-electron chi connectivity index (χ1n) is 10.7. The van der Waals surface area contributed by atoms with Gasteiger partial charge in [-0.05, 0) is 35.2 Å². The van der Waals surface area contributed by atoms with Crippen molar-refractivity contribution in [2.75, 3.05) is 45.9 Å². The van der Waals surface area contributed by atoms with Crippen molar-refractivity contribution >= 4 is 30.7 Å². The molecule has 2 saturated heterocycles. The molecular formula is C24H33Cl2N3O2. The third kappa shape index (κ3) is 6.43. The molecule has 2 aliphatic rings. The summed E-state index contributed by atoms with van der Waals surface area (Å²) in [4.78, 5) is 17.8. The number of benzene rings is 2. The zero-order valence-corrected chi connectivity index (χ0v) is 19.7. The van der Waals surface area contributed by atoms with Gasteiger partial charge in [-0.2, -0.15) is 0 Å². The predicted octanol–water partition coefficient (Wildman–Crippen LogP) is 3.71. The number of piperazine rings is 1. The Morgan fingerprint density at radius 3 is 2.48 bits per heavy atom. The Labute approximate surface area is 198 Å². The summed E-state index contributed by atoms with van der Waals surface area (Å²) in [6.07, 6.45) is 1.03. The van der Waals surface area contributed by atoms with E-state index in [0.29, 0.717) is 0 Å². The van der Waals surface area contributed by atoms with Crippen LogP contribution in [0.2, 0.25) is 0 Å². The van der Waals surface area contributed by atoms with Crippen molar-refractivity contribution < 1.29 is 9.53 Å². The first-order chi connectivity index (χ1) is 14.2. The average molecular weight is 466 g/mol. The Morgan fingerprint density at radius 2 is 1.77 bits per heavy atom. The van der Waals surface area contributed by atoms with E-state index in [1.54, 1.807) is 0 Å². The van der Waals surface area contributed by atoms with Crippen LogP contribution in [0.4, 0.5) is 0 Å². The number of aryl methyl sites for hydroxylation is 1. The first kappa shape index (κ1) is 25.6. The summed E-state index contributed by atoms with van der Waals surface area (Å²) >= 11 is 0. The van der Waals surface area contributed by atoms with Crippen molar-refractivity contribution in [2.24, 2.45) is 0 Å². The molecule has 2 heterocycles. The van der Waals surface area contributed by atoms with Gasteiger partial charge in [-0.25, -0.2) is 0 Å². The number of hydrogen-bond donors (Lipinski definition) is 1. The topological polar surface area (TPSA) is 44.8 Å². The molecule has 2 aliphatic heterocycles. The fourth-order valence-electron chi connectivity index (χ4n) is 4.21. The molecule has 2 aromatic carbocycles. The van der Waals surface area contributed by atoms with Crippen LogP contribution in [0.1, 0.15) is 40.0 Å². The molecule has 0 aromatic heterocycles. The Morgan fingerprint density at radius 1 is 1.03 bits per heavy atom. The van der Waals surface area contributed by atoms with Gasteiger partial charge in [0.15, 0.2) is 0 Å². The molecule has 2 aromatic rings. The van der Waals surface area contributed by atoms with E-state index in [2.05, 4.69) is 53.5 Å². The molecular weight excluding hydrogens is 433 g/mol. The first-order valence-corrected chi connectivity index (χ1v) is 10.7. The lowest BCUT2D eigenvalue weighted by Gasteiger charge is -2.37. The molecule has 5 nitrogen and oxygen atoms in total. The lowest BCUT2D eigenvalue weighted by molar-refractivity contribution is 0.0341. The molecule has 1 unspecified atom stereocenters. The summed E-state index contributed by atoms with van der Waals surface area (Å²) in [6, 6.07) is 16.9. The number of halogens is 2. The number of ether oxygens (including phenoxy) is 1. The Balaban J connectivity index is 0.00000171. The number of nitrogens with zero attached hydrogens (tertiary/aromatic N) is 2. The molecule has 1 N–H and O–H groups in total. The maximum atomic E-state index is 13.4. The highest BCUT2D eigenvalue weighted by Crippen LogP contribution is 2.25. The van der Waals surface area contributed by atoms with E-state index < -0.39 is 0 Å².